The highest BCUT2D eigenvalue weighted by atomic mass is 127. The fourth-order valence-corrected chi connectivity index (χ4v) is 4.13. The van der Waals surface area contributed by atoms with E-state index < -0.39 is 0 Å². The van der Waals surface area contributed by atoms with Gasteiger partial charge in [0.05, 0.1) is 19.4 Å². The van der Waals surface area contributed by atoms with Gasteiger partial charge in [-0.3, -0.25) is 4.99 Å². The van der Waals surface area contributed by atoms with Gasteiger partial charge in [-0.15, -0.1) is 24.0 Å². The number of hydrogen-bond donors (Lipinski definition) is 1. The molecule has 28 heavy (non-hydrogen) atoms. The molecule has 0 amide bonds. The van der Waals surface area contributed by atoms with Crippen molar-refractivity contribution in [2.24, 2.45) is 16.8 Å². The van der Waals surface area contributed by atoms with Crippen molar-refractivity contribution >= 4 is 35.6 Å². The Bertz CT molecular complexity index is 628. The number of nitrogens with one attached hydrogen (secondary N) is 1. The number of para-hydroxylation sites is 2. The average Bonchev–Trinajstić information content (AvgIpc) is 3.35. The standard InChI is InChI=1S/C21H34N4O2.HI/c1-4-22-21(25-12-10-18(15-25)16-26-2)23-13-17-9-11-24(14-17)19-7-5-6-8-20(19)27-3;/h5-8,17-18H,4,9-16H2,1-3H3,(H,22,23);1H. The van der Waals surface area contributed by atoms with Crippen molar-refractivity contribution in [3.05, 3.63) is 24.3 Å². The third kappa shape index (κ3) is 5.89. The third-order valence-electron chi connectivity index (χ3n) is 5.53. The van der Waals surface area contributed by atoms with Gasteiger partial charge in [0.1, 0.15) is 5.75 Å². The van der Waals surface area contributed by atoms with Crippen LogP contribution in [-0.2, 0) is 4.74 Å². The van der Waals surface area contributed by atoms with Crippen LogP contribution in [0.4, 0.5) is 5.69 Å². The maximum atomic E-state index is 5.52. The second kappa shape index (κ2) is 11.7. The van der Waals surface area contributed by atoms with Crippen molar-refractivity contribution in [2.45, 2.75) is 19.8 Å². The second-order valence-electron chi connectivity index (χ2n) is 7.52. The summed E-state index contributed by atoms with van der Waals surface area (Å²) in [4.78, 5) is 9.79. The molecule has 2 aliphatic rings. The number of benzene rings is 1. The van der Waals surface area contributed by atoms with Gasteiger partial charge in [0.15, 0.2) is 5.96 Å². The van der Waals surface area contributed by atoms with Crippen LogP contribution >= 0.6 is 24.0 Å². The lowest BCUT2D eigenvalue weighted by Crippen LogP contribution is -2.40. The molecule has 0 saturated carbocycles. The summed E-state index contributed by atoms with van der Waals surface area (Å²) in [6.45, 7) is 8.97. The van der Waals surface area contributed by atoms with Gasteiger partial charge in [-0.25, -0.2) is 0 Å². The molecule has 6 nitrogen and oxygen atoms in total. The van der Waals surface area contributed by atoms with Crippen LogP contribution in [0.25, 0.3) is 0 Å². The zero-order valence-corrected chi connectivity index (χ0v) is 19.7. The molecule has 2 atom stereocenters. The average molecular weight is 502 g/mol. The van der Waals surface area contributed by atoms with Crippen LogP contribution in [0.1, 0.15) is 19.8 Å². The van der Waals surface area contributed by atoms with Crippen LogP contribution < -0.4 is 15.0 Å². The molecule has 1 aromatic carbocycles. The van der Waals surface area contributed by atoms with Gasteiger partial charge in [-0.2, -0.15) is 0 Å². The minimum Gasteiger partial charge on any atom is -0.495 e. The zero-order chi connectivity index (χ0) is 19.1. The van der Waals surface area contributed by atoms with Crippen LogP contribution in [0.15, 0.2) is 29.3 Å². The molecule has 1 N–H and O–H groups in total. The number of hydrogen-bond acceptors (Lipinski definition) is 4. The first-order valence-electron chi connectivity index (χ1n) is 10.1. The van der Waals surface area contributed by atoms with Crippen molar-refractivity contribution in [2.75, 3.05) is 65.0 Å². The van der Waals surface area contributed by atoms with Gasteiger partial charge < -0.3 is 24.6 Å². The second-order valence-corrected chi connectivity index (χ2v) is 7.52. The summed E-state index contributed by atoms with van der Waals surface area (Å²) in [5.74, 6) is 3.22. The maximum absolute atomic E-state index is 5.52. The fourth-order valence-electron chi connectivity index (χ4n) is 4.13. The molecule has 3 rings (SSSR count). The number of methoxy groups -OCH3 is 2. The topological polar surface area (TPSA) is 49.3 Å². The van der Waals surface area contributed by atoms with Gasteiger partial charge in [-0.1, -0.05) is 12.1 Å². The van der Waals surface area contributed by atoms with Crippen molar-refractivity contribution in [3.8, 4) is 5.75 Å². The van der Waals surface area contributed by atoms with Crippen LogP contribution in [0.3, 0.4) is 0 Å². The van der Waals surface area contributed by atoms with Crippen molar-refractivity contribution < 1.29 is 9.47 Å². The largest absolute Gasteiger partial charge is 0.495 e. The Kier molecular flexibility index (Phi) is 9.64. The van der Waals surface area contributed by atoms with Crippen LogP contribution in [0, 0.1) is 11.8 Å². The summed E-state index contributed by atoms with van der Waals surface area (Å²) in [6.07, 6.45) is 2.36. The molecule has 2 aliphatic heterocycles. The van der Waals surface area contributed by atoms with E-state index in [0.29, 0.717) is 11.8 Å². The van der Waals surface area contributed by atoms with Gasteiger partial charge >= 0.3 is 0 Å². The lowest BCUT2D eigenvalue weighted by Gasteiger charge is -2.23. The molecule has 158 valence electrons. The van der Waals surface area contributed by atoms with Crippen molar-refractivity contribution in [1.29, 1.82) is 0 Å². The Labute approximate surface area is 186 Å². The van der Waals surface area contributed by atoms with E-state index in [1.807, 2.05) is 12.1 Å². The highest BCUT2D eigenvalue weighted by Gasteiger charge is 2.27. The Morgan fingerprint density at radius 3 is 2.68 bits per heavy atom. The van der Waals surface area contributed by atoms with Gasteiger partial charge in [0.2, 0.25) is 0 Å². The number of ether oxygens (including phenoxy) is 2. The molecule has 2 unspecified atom stereocenters. The Hall–Kier alpha value is -1.22. The highest BCUT2D eigenvalue weighted by Crippen LogP contribution is 2.32. The minimum atomic E-state index is 0. The molecule has 7 heteroatoms. The molecule has 0 aliphatic carbocycles. The minimum absolute atomic E-state index is 0. The number of anilines is 1. The van der Waals surface area contributed by atoms with E-state index >= 15 is 0 Å². The molecule has 0 spiro atoms. The molecule has 0 aromatic heterocycles. The number of likely N-dealkylation sites (tertiary alicyclic amines) is 1. The predicted octanol–water partition coefficient (Wildman–Crippen LogP) is 3.07. The highest BCUT2D eigenvalue weighted by molar-refractivity contribution is 14.0. The first-order chi connectivity index (χ1) is 13.2. The summed E-state index contributed by atoms with van der Waals surface area (Å²) in [7, 11) is 3.53. The summed E-state index contributed by atoms with van der Waals surface area (Å²) in [5.41, 5.74) is 1.19. The van der Waals surface area contributed by atoms with Crippen LogP contribution in [0.2, 0.25) is 0 Å². The van der Waals surface area contributed by atoms with Crippen LogP contribution in [0.5, 0.6) is 5.75 Å². The summed E-state index contributed by atoms with van der Waals surface area (Å²) in [5, 5.41) is 3.47. The Balaban J connectivity index is 0.00000280. The molecule has 0 bridgehead atoms. The van der Waals surface area contributed by atoms with E-state index in [1.54, 1.807) is 14.2 Å². The molecule has 2 heterocycles. The molecule has 1 aromatic rings. The first kappa shape index (κ1) is 23.1. The zero-order valence-electron chi connectivity index (χ0n) is 17.4. The van der Waals surface area contributed by atoms with E-state index in [2.05, 4.69) is 34.2 Å². The number of nitrogens with zero attached hydrogens (tertiary/aromatic N) is 3. The van der Waals surface area contributed by atoms with Gasteiger partial charge in [0.25, 0.3) is 0 Å². The van der Waals surface area contributed by atoms with Crippen molar-refractivity contribution in [1.82, 2.24) is 10.2 Å². The summed E-state index contributed by atoms with van der Waals surface area (Å²) >= 11 is 0. The van der Waals surface area contributed by atoms with Gasteiger partial charge in [0, 0.05) is 52.3 Å². The quantitative estimate of drug-likeness (QED) is 0.353. The number of rotatable bonds is 7. The van der Waals surface area contributed by atoms with Gasteiger partial charge in [-0.05, 0) is 37.8 Å². The fraction of sp³-hybridized carbons (Fsp3) is 0.667. The Morgan fingerprint density at radius 2 is 1.93 bits per heavy atom. The monoisotopic (exact) mass is 502 g/mol. The normalized spacial score (nSPS) is 22.3. The third-order valence-corrected chi connectivity index (χ3v) is 5.53. The number of guanidine groups is 1. The molecule has 2 saturated heterocycles. The number of aliphatic imine (C=N–C) groups is 1. The predicted molar refractivity (Wildman–Crippen MR) is 126 cm³/mol. The SMILES string of the molecule is CCNC(=NCC1CCN(c2ccccc2OC)C1)N1CCC(COC)C1.I. The first-order valence-corrected chi connectivity index (χ1v) is 10.1. The molecule has 2 fully saturated rings. The van der Waals surface area contributed by atoms with E-state index in [1.165, 1.54) is 18.5 Å². The lowest BCUT2D eigenvalue weighted by molar-refractivity contribution is 0.157. The van der Waals surface area contributed by atoms with E-state index in [9.17, 15) is 0 Å². The molecular weight excluding hydrogens is 467 g/mol. The lowest BCUT2D eigenvalue weighted by atomic mass is 10.1. The molecule has 0 radical (unpaired) electrons. The van der Waals surface area contributed by atoms with Crippen molar-refractivity contribution in [3.63, 3.8) is 0 Å². The molecular formula is C21H35IN4O2. The smallest absolute Gasteiger partial charge is 0.193 e. The van der Waals surface area contributed by atoms with E-state index in [4.69, 9.17) is 14.5 Å². The number of halogens is 1. The van der Waals surface area contributed by atoms with E-state index in [0.717, 1.165) is 57.6 Å². The maximum Gasteiger partial charge on any atom is 0.193 e. The summed E-state index contributed by atoms with van der Waals surface area (Å²) < 4.78 is 10.8. The van der Waals surface area contributed by atoms with Crippen LogP contribution in [-0.4, -0.2) is 71.0 Å². The summed E-state index contributed by atoms with van der Waals surface area (Å²) in [6, 6.07) is 8.29. The Morgan fingerprint density at radius 1 is 1.14 bits per heavy atom. The van der Waals surface area contributed by atoms with E-state index in [-0.39, 0.29) is 24.0 Å².